The number of nitrogens with zero attached hydrogens (tertiary/aromatic N) is 2. The number of aromatic carboxylic acids is 1. The highest BCUT2D eigenvalue weighted by Crippen LogP contribution is 2.24. The van der Waals surface area contributed by atoms with Gasteiger partial charge in [0.1, 0.15) is 5.69 Å². The van der Waals surface area contributed by atoms with Gasteiger partial charge in [-0.1, -0.05) is 0 Å². The minimum absolute atomic E-state index is 0.0863. The largest absolute Gasteiger partial charge is 0.478 e. The molecule has 1 aliphatic rings. The highest BCUT2D eigenvalue weighted by Gasteiger charge is 2.34. The summed E-state index contributed by atoms with van der Waals surface area (Å²) in [5, 5.41) is 9.13. The zero-order valence-corrected chi connectivity index (χ0v) is 11.7. The molecule has 112 valence electrons. The molecule has 0 bridgehead atoms. The van der Waals surface area contributed by atoms with E-state index >= 15 is 0 Å². The lowest BCUT2D eigenvalue weighted by molar-refractivity contribution is -0.123. The number of carboxylic acids is 1. The highest BCUT2D eigenvalue weighted by molar-refractivity contribution is 6.03. The van der Waals surface area contributed by atoms with Crippen LogP contribution in [0.2, 0.25) is 0 Å². The Balaban J connectivity index is 2.30. The number of hydrogen-bond acceptors (Lipinski definition) is 4. The number of nitrogens with two attached hydrogens (primary N) is 1. The summed E-state index contributed by atoms with van der Waals surface area (Å²) in [7, 11) is 0. The topological polar surface area (TPSA) is 114 Å². The van der Waals surface area contributed by atoms with Crippen molar-refractivity contribution in [2.75, 3.05) is 6.54 Å². The fourth-order valence-electron chi connectivity index (χ4n) is 2.51. The van der Waals surface area contributed by atoms with Crippen LogP contribution in [0.3, 0.4) is 0 Å². The zero-order valence-electron chi connectivity index (χ0n) is 11.7. The molecular formula is C14H17N3O4. The summed E-state index contributed by atoms with van der Waals surface area (Å²) >= 11 is 0. The van der Waals surface area contributed by atoms with Crippen LogP contribution >= 0.6 is 0 Å². The fraction of sp³-hybridized carbons (Fsp3) is 0.429. The molecule has 0 aromatic carbocycles. The van der Waals surface area contributed by atoms with E-state index in [4.69, 9.17) is 10.8 Å². The molecular weight excluding hydrogens is 274 g/mol. The molecule has 3 N–H and O–H groups in total. The minimum atomic E-state index is -1.21. The van der Waals surface area contributed by atoms with Crippen LogP contribution in [0, 0.1) is 5.92 Å². The van der Waals surface area contributed by atoms with Gasteiger partial charge in [-0.05, 0) is 31.9 Å². The lowest BCUT2D eigenvalue weighted by atomic mass is 9.92. The van der Waals surface area contributed by atoms with Crippen molar-refractivity contribution in [2.24, 2.45) is 11.7 Å². The lowest BCUT2D eigenvalue weighted by Crippen LogP contribution is -2.49. The van der Waals surface area contributed by atoms with E-state index in [1.54, 1.807) is 0 Å². The molecule has 1 aromatic rings. The molecule has 0 radical (unpaired) electrons. The third-order valence-corrected chi connectivity index (χ3v) is 3.79. The van der Waals surface area contributed by atoms with Crippen molar-refractivity contribution in [3.63, 3.8) is 0 Å². The standard InChI is InChI=1S/C14H17N3O4/c1-8-4-5-9(12(15)18)7-17(8)13(19)11-10(14(20)21)3-2-6-16-11/h2-3,6,8-9H,4-5,7H2,1H3,(H2,15,18)(H,20,21). The Bertz CT molecular complexity index is 587. The lowest BCUT2D eigenvalue weighted by Gasteiger charge is -2.36. The molecule has 0 aliphatic carbocycles. The number of pyridine rings is 1. The van der Waals surface area contributed by atoms with Crippen LogP contribution in [-0.4, -0.2) is 45.4 Å². The van der Waals surface area contributed by atoms with Gasteiger partial charge in [0, 0.05) is 18.8 Å². The van der Waals surface area contributed by atoms with Crippen LogP contribution in [0.4, 0.5) is 0 Å². The SMILES string of the molecule is CC1CCC(C(N)=O)CN1C(=O)c1ncccc1C(=O)O. The maximum absolute atomic E-state index is 12.6. The monoisotopic (exact) mass is 291 g/mol. The van der Waals surface area contributed by atoms with Crippen molar-refractivity contribution < 1.29 is 19.5 Å². The first-order chi connectivity index (χ1) is 9.91. The zero-order chi connectivity index (χ0) is 15.6. The number of hydrogen-bond donors (Lipinski definition) is 2. The summed E-state index contributed by atoms with van der Waals surface area (Å²) in [5.74, 6) is -2.53. The molecule has 0 spiro atoms. The van der Waals surface area contributed by atoms with Gasteiger partial charge in [0.2, 0.25) is 5.91 Å². The first-order valence-electron chi connectivity index (χ1n) is 6.70. The van der Waals surface area contributed by atoms with E-state index in [9.17, 15) is 14.4 Å². The molecule has 2 atom stereocenters. The van der Waals surface area contributed by atoms with Gasteiger partial charge in [0.05, 0.1) is 11.5 Å². The van der Waals surface area contributed by atoms with E-state index in [2.05, 4.69) is 4.98 Å². The molecule has 7 nitrogen and oxygen atoms in total. The van der Waals surface area contributed by atoms with Crippen LogP contribution in [0.25, 0.3) is 0 Å². The second-order valence-corrected chi connectivity index (χ2v) is 5.19. The van der Waals surface area contributed by atoms with Crippen LogP contribution in [0.1, 0.15) is 40.6 Å². The minimum Gasteiger partial charge on any atom is -0.478 e. The van der Waals surface area contributed by atoms with Crippen LogP contribution < -0.4 is 5.73 Å². The van der Waals surface area contributed by atoms with Crippen LogP contribution in [-0.2, 0) is 4.79 Å². The smallest absolute Gasteiger partial charge is 0.338 e. The summed E-state index contributed by atoms with van der Waals surface area (Å²) in [4.78, 5) is 40.4. The average molecular weight is 291 g/mol. The molecule has 2 amide bonds. The van der Waals surface area contributed by atoms with Crippen molar-refractivity contribution in [3.8, 4) is 0 Å². The maximum Gasteiger partial charge on any atom is 0.338 e. The summed E-state index contributed by atoms with van der Waals surface area (Å²) in [6, 6.07) is 2.71. The first-order valence-corrected chi connectivity index (χ1v) is 6.70. The second-order valence-electron chi connectivity index (χ2n) is 5.19. The van der Waals surface area contributed by atoms with Crippen molar-refractivity contribution in [1.82, 2.24) is 9.88 Å². The molecule has 1 aliphatic heterocycles. The molecule has 1 aromatic heterocycles. The second kappa shape index (κ2) is 5.90. The fourth-order valence-corrected chi connectivity index (χ4v) is 2.51. The number of piperidine rings is 1. The number of primary amides is 1. The average Bonchev–Trinajstić information content (AvgIpc) is 2.46. The summed E-state index contributed by atoms with van der Waals surface area (Å²) in [6.07, 6.45) is 2.66. The third-order valence-electron chi connectivity index (χ3n) is 3.79. The van der Waals surface area contributed by atoms with E-state index in [0.29, 0.717) is 12.8 Å². The Morgan fingerprint density at radius 2 is 2.10 bits per heavy atom. The van der Waals surface area contributed by atoms with E-state index in [1.165, 1.54) is 23.2 Å². The molecule has 0 saturated carbocycles. The number of amides is 2. The van der Waals surface area contributed by atoms with E-state index in [0.717, 1.165) is 0 Å². The molecule has 2 rings (SSSR count). The van der Waals surface area contributed by atoms with Crippen molar-refractivity contribution >= 4 is 17.8 Å². The van der Waals surface area contributed by atoms with Crippen molar-refractivity contribution in [1.29, 1.82) is 0 Å². The van der Waals surface area contributed by atoms with Gasteiger partial charge in [-0.3, -0.25) is 14.6 Å². The Hall–Kier alpha value is -2.44. The predicted molar refractivity (Wildman–Crippen MR) is 73.6 cm³/mol. The van der Waals surface area contributed by atoms with Gasteiger partial charge in [0.15, 0.2) is 0 Å². The molecule has 1 fully saturated rings. The van der Waals surface area contributed by atoms with Crippen LogP contribution in [0.15, 0.2) is 18.3 Å². The third kappa shape index (κ3) is 3.01. The number of rotatable bonds is 3. The van der Waals surface area contributed by atoms with Gasteiger partial charge >= 0.3 is 5.97 Å². The van der Waals surface area contributed by atoms with Crippen molar-refractivity contribution in [3.05, 3.63) is 29.6 Å². The molecule has 7 heteroatoms. The maximum atomic E-state index is 12.6. The van der Waals surface area contributed by atoms with E-state index < -0.39 is 23.7 Å². The predicted octanol–water partition coefficient (Wildman–Crippen LogP) is 0.506. The number of carbonyl (C=O) groups excluding carboxylic acids is 2. The molecule has 2 unspecified atom stereocenters. The summed E-state index contributed by atoms with van der Waals surface area (Å²) in [5.41, 5.74) is 5.05. The van der Waals surface area contributed by atoms with Gasteiger partial charge in [-0.25, -0.2) is 4.79 Å². The van der Waals surface area contributed by atoms with Gasteiger partial charge in [-0.15, -0.1) is 0 Å². The summed E-state index contributed by atoms with van der Waals surface area (Å²) < 4.78 is 0. The Morgan fingerprint density at radius 1 is 1.38 bits per heavy atom. The molecule has 21 heavy (non-hydrogen) atoms. The van der Waals surface area contributed by atoms with Gasteiger partial charge < -0.3 is 15.7 Å². The van der Waals surface area contributed by atoms with E-state index in [-0.39, 0.29) is 23.8 Å². The van der Waals surface area contributed by atoms with Gasteiger partial charge in [0.25, 0.3) is 5.91 Å². The number of carbonyl (C=O) groups is 3. The molecule has 1 saturated heterocycles. The number of aromatic nitrogens is 1. The first kappa shape index (κ1) is 15.0. The Kier molecular flexibility index (Phi) is 4.21. The van der Waals surface area contributed by atoms with Crippen LogP contribution in [0.5, 0.6) is 0 Å². The highest BCUT2D eigenvalue weighted by atomic mass is 16.4. The number of carboxylic acid groups (broad SMARTS) is 1. The normalized spacial score (nSPS) is 21.9. The molecule has 2 heterocycles. The Morgan fingerprint density at radius 3 is 2.71 bits per heavy atom. The Labute approximate surface area is 121 Å². The summed E-state index contributed by atoms with van der Waals surface area (Å²) in [6.45, 7) is 2.06. The van der Waals surface area contributed by atoms with E-state index in [1.807, 2.05) is 6.92 Å². The van der Waals surface area contributed by atoms with Crippen molar-refractivity contribution in [2.45, 2.75) is 25.8 Å². The quantitative estimate of drug-likeness (QED) is 0.842. The number of likely N-dealkylation sites (tertiary alicyclic amines) is 1. The van der Waals surface area contributed by atoms with Gasteiger partial charge in [-0.2, -0.15) is 0 Å².